The van der Waals surface area contributed by atoms with Crippen molar-refractivity contribution in [1.82, 2.24) is 8.97 Å². The summed E-state index contributed by atoms with van der Waals surface area (Å²) in [6.07, 6.45) is 2.32. The summed E-state index contributed by atoms with van der Waals surface area (Å²) in [7, 11) is 0. The van der Waals surface area contributed by atoms with E-state index >= 15 is 0 Å². The van der Waals surface area contributed by atoms with Crippen LogP contribution in [0, 0.1) is 0 Å². The zero-order valence-electron chi connectivity index (χ0n) is 22.0. The first-order valence-corrected chi connectivity index (χ1v) is 14.8. The topological polar surface area (TPSA) is 9.34 Å². The third-order valence-electron chi connectivity index (χ3n) is 8.85. The van der Waals surface area contributed by atoms with Crippen molar-refractivity contribution >= 4 is 91.3 Å². The molecule has 0 N–H and O–H groups in total. The Labute approximate surface area is 238 Å². The van der Waals surface area contributed by atoms with Crippen molar-refractivity contribution in [3.05, 3.63) is 134 Å². The molecule has 10 rings (SSSR count). The molecule has 0 amide bonds. The summed E-state index contributed by atoms with van der Waals surface area (Å²) in [5.41, 5.74) is 6.18. The summed E-state index contributed by atoms with van der Waals surface area (Å²) in [6, 6.07) is 46.9. The second-order valence-corrected chi connectivity index (χ2v) is 12.1. The highest BCUT2D eigenvalue weighted by Gasteiger charge is 2.19. The lowest BCUT2D eigenvalue weighted by Crippen LogP contribution is -1.94. The number of fused-ring (bicyclic) bond motifs is 14. The summed E-state index contributed by atoms with van der Waals surface area (Å²) in [5.74, 6) is 0. The molecular formula is C38H22N2S. The van der Waals surface area contributed by atoms with E-state index in [4.69, 9.17) is 0 Å². The number of aromatic nitrogens is 2. The Kier molecular flexibility index (Phi) is 4.10. The van der Waals surface area contributed by atoms with Crippen molar-refractivity contribution < 1.29 is 0 Å². The van der Waals surface area contributed by atoms with E-state index in [1.54, 1.807) is 0 Å². The highest BCUT2D eigenvalue weighted by atomic mass is 32.1. The fourth-order valence-electron chi connectivity index (χ4n) is 7.09. The predicted octanol–water partition coefficient (Wildman–Crippen LogP) is 10.9. The Morgan fingerprint density at radius 3 is 2.02 bits per heavy atom. The molecule has 0 bridgehead atoms. The Bertz CT molecular complexity index is 2690. The number of rotatable bonds is 1. The lowest BCUT2D eigenvalue weighted by atomic mass is 9.99. The molecule has 0 saturated carbocycles. The molecule has 0 spiro atoms. The summed E-state index contributed by atoms with van der Waals surface area (Å²) in [4.78, 5) is 0. The molecule has 0 aliphatic carbocycles. The molecule has 41 heavy (non-hydrogen) atoms. The van der Waals surface area contributed by atoms with E-state index in [1.165, 1.54) is 85.6 Å². The van der Waals surface area contributed by atoms with Crippen LogP contribution in [0.5, 0.6) is 0 Å². The molecule has 0 aliphatic rings. The molecule has 4 heterocycles. The summed E-state index contributed by atoms with van der Waals surface area (Å²) >= 11 is 1.89. The van der Waals surface area contributed by atoms with E-state index in [1.807, 2.05) is 11.3 Å². The first-order chi connectivity index (χ1) is 20.3. The molecule has 4 aromatic heterocycles. The molecule has 0 aliphatic heterocycles. The monoisotopic (exact) mass is 538 g/mol. The minimum Gasteiger partial charge on any atom is -0.315 e. The van der Waals surface area contributed by atoms with Crippen LogP contribution in [0.4, 0.5) is 0 Å². The van der Waals surface area contributed by atoms with Crippen molar-refractivity contribution in [2.75, 3.05) is 0 Å². The maximum absolute atomic E-state index is 2.45. The second-order valence-electron chi connectivity index (χ2n) is 11.0. The van der Waals surface area contributed by atoms with E-state index in [0.717, 1.165) is 0 Å². The van der Waals surface area contributed by atoms with Crippen LogP contribution in [-0.4, -0.2) is 8.97 Å². The van der Waals surface area contributed by atoms with Crippen LogP contribution in [0.3, 0.4) is 0 Å². The Morgan fingerprint density at radius 2 is 1.12 bits per heavy atom. The van der Waals surface area contributed by atoms with Gasteiger partial charge in [0, 0.05) is 64.4 Å². The molecule has 190 valence electrons. The molecule has 10 aromatic rings. The first-order valence-electron chi connectivity index (χ1n) is 14.0. The second kappa shape index (κ2) is 7.75. The number of benzene rings is 6. The van der Waals surface area contributed by atoms with Gasteiger partial charge in [-0.1, -0.05) is 78.9 Å². The quantitative estimate of drug-likeness (QED) is 0.184. The lowest BCUT2D eigenvalue weighted by Gasteiger charge is -2.12. The molecule has 3 heteroatoms. The van der Waals surface area contributed by atoms with E-state index < -0.39 is 0 Å². The molecular weight excluding hydrogens is 516 g/mol. The number of hydrogen-bond donors (Lipinski definition) is 0. The van der Waals surface area contributed by atoms with Gasteiger partial charge in [-0.3, -0.25) is 0 Å². The highest BCUT2D eigenvalue weighted by Crippen LogP contribution is 2.43. The van der Waals surface area contributed by atoms with E-state index in [9.17, 15) is 0 Å². The molecule has 0 unspecified atom stereocenters. The minimum atomic E-state index is 1.18. The summed E-state index contributed by atoms with van der Waals surface area (Å²) in [5, 5.41) is 11.7. The Balaban J connectivity index is 1.49. The van der Waals surface area contributed by atoms with Gasteiger partial charge in [0.05, 0.1) is 22.1 Å². The van der Waals surface area contributed by atoms with Crippen LogP contribution < -0.4 is 0 Å². The fraction of sp³-hybridized carbons (Fsp3) is 0. The molecule has 0 radical (unpaired) electrons. The van der Waals surface area contributed by atoms with Gasteiger partial charge in [-0.25, -0.2) is 0 Å². The Hall–Kier alpha value is -5.12. The number of nitrogens with zero attached hydrogens (tertiary/aromatic N) is 2. The smallest absolute Gasteiger partial charge is 0.0614 e. The predicted molar refractivity (Wildman–Crippen MR) is 177 cm³/mol. The van der Waals surface area contributed by atoms with Crippen LogP contribution in [0.25, 0.3) is 85.6 Å². The van der Waals surface area contributed by atoms with Gasteiger partial charge in [0.15, 0.2) is 0 Å². The van der Waals surface area contributed by atoms with Crippen LogP contribution in [0.15, 0.2) is 134 Å². The van der Waals surface area contributed by atoms with E-state index in [-0.39, 0.29) is 0 Å². The fourth-order valence-corrected chi connectivity index (χ4v) is 8.21. The number of hydrogen-bond acceptors (Lipinski definition) is 1. The SMILES string of the molecule is c1ccc(-n2c3ccccc3c3cc4c5cc6sc7ccccc7c6cc5n5cc6ccccc6c5c4cc32)cc1. The normalized spacial score (nSPS) is 12.4. The van der Waals surface area contributed by atoms with Gasteiger partial charge < -0.3 is 8.97 Å². The maximum atomic E-state index is 2.45. The third-order valence-corrected chi connectivity index (χ3v) is 9.98. The first kappa shape index (κ1) is 21.7. The lowest BCUT2D eigenvalue weighted by molar-refractivity contribution is 1.18. The standard InChI is InChI=1S/C38H22N2S/c1-2-11-24(12-3-1)40-33-16-8-6-14-26(33)29-18-28-30-21-37-31(27-15-7-9-17-36(27)41-37)19-34(30)39-22-23-10-4-5-13-25(23)38(39)32(28)20-35(29)40/h1-22H. The average molecular weight is 539 g/mol. The van der Waals surface area contributed by atoms with Crippen LogP contribution in [-0.2, 0) is 0 Å². The van der Waals surface area contributed by atoms with E-state index in [0.29, 0.717) is 0 Å². The molecule has 0 saturated heterocycles. The zero-order valence-corrected chi connectivity index (χ0v) is 22.8. The van der Waals surface area contributed by atoms with E-state index in [2.05, 4.69) is 143 Å². The van der Waals surface area contributed by atoms with Gasteiger partial charge in [0.1, 0.15) is 0 Å². The summed E-state index contributed by atoms with van der Waals surface area (Å²) < 4.78 is 7.54. The molecule has 0 fully saturated rings. The van der Waals surface area contributed by atoms with Gasteiger partial charge >= 0.3 is 0 Å². The molecule has 0 atom stereocenters. The van der Waals surface area contributed by atoms with Crippen molar-refractivity contribution in [3.8, 4) is 5.69 Å². The van der Waals surface area contributed by atoms with Gasteiger partial charge in [-0.05, 0) is 53.9 Å². The number of thiophene rings is 1. The van der Waals surface area contributed by atoms with Crippen molar-refractivity contribution in [2.45, 2.75) is 0 Å². The van der Waals surface area contributed by atoms with Gasteiger partial charge in [-0.2, -0.15) is 0 Å². The Morgan fingerprint density at radius 1 is 0.415 bits per heavy atom. The van der Waals surface area contributed by atoms with Crippen LogP contribution >= 0.6 is 11.3 Å². The van der Waals surface area contributed by atoms with Crippen molar-refractivity contribution in [3.63, 3.8) is 0 Å². The maximum Gasteiger partial charge on any atom is 0.0614 e. The van der Waals surface area contributed by atoms with Crippen LogP contribution in [0.2, 0.25) is 0 Å². The largest absolute Gasteiger partial charge is 0.315 e. The zero-order chi connectivity index (χ0) is 26.7. The molecule has 2 nitrogen and oxygen atoms in total. The third kappa shape index (κ3) is 2.81. The summed E-state index contributed by atoms with van der Waals surface area (Å²) in [6.45, 7) is 0. The van der Waals surface area contributed by atoms with Gasteiger partial charge in [-0.15, -0.1) is 11.3 Å². The van der Waals surface area contributed by atoms with Crippen molar-refractivity contribution in [2.24, 2.45) is 0 Å². The van der Waals surface area contributed by atoms with Crippen LogP contribution in [0.1, 0.15) is 0 Å². The number of pyridine rings is 1. The average Bonchev–Trinajstić information content (AvgIpc) is 3.69. The molecule has 6 aromatic carbocycles. The highest BCUT2D eigenvalue weighted by molar-refractivity contribution is 7.25. The van der Waals surface area contributed by atoms with Crippen molar-refractivity contribution in [1.29, 1.82) is 0 Å². The van der Waals surface area contributed by atoms with Gasteiger partial charge in [0.25, 0.3) is 0 Å². The minimum absolute atomic E-state index is 1.18. The van der Waals surface area contributed by atoms with Gasteiger partial charge in [0.2, 0.25) is 0 Å². The number of para-hydroxylation sites is 2.